The average Bonchev–Trinajstić information content (AvgIpc) is 2.04. The van der Waals surface area contributed by atoms with Crippen molar-refractivity contribution in [2.75, 3.05) is 5.73 Å². The number of alkyl halides is 3. The van der Waals surface area contributed by atoms with Crippen LogP contribution in [0.5, 0.6) is 5.75 Å². The second-order valence-electron chi connectivity index (χ2n) is 2.32. The van der Waals surface area contributed by atoms with Crippen molar-refractivity contribution in [1.29, 1.82) is 0 Å². The molecule has 0 spiro atoms. The zero-order valence-electron chi connectivity index (χ0n) is 6.53. The summed E-state index contributed by atoms with van der Waals surface area (Å²) in [6, 6.07) is 3.03. The summed E-state index contributed by atoms with van der Waals surface area (Å²) in [4.78, 5) is 0. The maximum absolute atomic E-state index is 11.9. The van der Waals surface area contributed by atoms with E-state index >= 15 is 0 Å². The molecule has 0 saturated carbocycles. The molecule has 0 unspecified atom stereocenters. The van der Waals surface area contributed by atoms with E-state index in [1.165, 1.54) is 6.07 Å². The van der Waals surface area contributed by atoms with Crippen LogP contribution in [0.3, 0.4) is 0 Å². The SMILES string of the molecule is Nc1c(I)ccc(Br)c1OC(F)(F)F. The molecule has 1 aromatic rings. The van der Waals surface area contributed by atoms with Crippen LogP contribution in [-0.2, 0) is 0 Å². The molecule has 0 aliphatic heterocycles. The second kappa shape index (κ2) is 4.13. The highest BCUT2D eigenvalue weighted by atomic mass is 127. The van der Waals surface area contributed by atoms with Crippen LogP contribution < -0.4 is 10.5 Å². The normalized spacial score (nSPS) is 11.5. The molecule has 78 valence electrons. The lowest BCUT2D eigenvalue weighted by molar-refractivity contribution is -0.274. The molecule has 1 rings (SSSR count). The van der Waals surface area contributed by atoms with Gasteiger partial charge in [0.1, 0.15) is 0 Å². The van der Waals surface area contributed by atoms with E-state index < -0.39 is 12.1 Å². The lowest BCUT2D eigenvalue weighted by Crippen LogP contribution is -2.18. The minimum atomic E-state index is -4.74. The van der Waals surface area contributed by atoms with Crippen LogP contribution in [0, 0.1) is 3.57 Å². The first-order chi connectivity index (χ1) is 6.31. The fourth-order valence-corrected chi connectivity index (χ4v) is 1.62. The summed E-state index contributed by atoms with van der Waals surface area (Å²) in [5.41, 5.74) is 5.40. The van der Waals surface area contributed by atoms with Gasteiger partial charge in [0.15, 0.2) is 5.75 Å². The number of halogens is 5. The third-order valence-electron chi connectivity index (χ3n) is 1.31. The molecule has 0 heterocycles. The number of benzene rings is 1. The molecule has 7 heteroatoms. The first-order valence-electron chi connectivity index (χ1n) is 3.30. The van der Waals surface area contributed by atoms with Gasteiger partial charge in [-0.15, -0.1) is 13.2 Å². The molecule has 0 aliphatic rings. The summed E-state index contributed by atoms with van der Waals surface area (Å²) in [5, 5.41) is 0. The Balaban J connectivity index is 3.13. The van der Waals surface area contributed by atoms with Crippen LogP contribution in [0.4, 0.5) is 18.9 Å². The number of ether oxygens (including phenoxy) is 1. The molecule has 0 fully saturated rings. The molecule has 0 saturated heterocycles. The van der Waals surface area contributed by atoms with Gasteiger partial charge >= 0.3 is 6.36 Å². The minimum absolute atomic E-state index is 0.0303. The van der Waals surface area contributed by atoms with Gasteiger partial charge in [-0.05, 0) is 50.7 Å². The third-order valence-corrected chi connectivity index (χ3v) is 2.88. The molecule has 2 nitrogen and oxygen atoms in total. The smallest absolute Gasteiger partial charge is 0.402 e. The highest BCUT2D eigenvalue weighted by Crippen LogP contribution is 2.37. The quantitative estimate of drug-likeness (QED) is 0.596. The van der Waals surface area contributed by atoms with Crippen LogP contribution in [0.1, 0.15) is 0 Å². The van der Waals surface area contributed by atoms with E-state index in [1.54, 1.807) is 6.07 Å². The number of rotatable bonds is 1. The maximum Gasteiger partial charge on any atom is 0.573 e. The van der Waals surface area contributed by atoms with Crippen molar-refractivity contribution in [3.8, 4) is 5.75 Å². The van der Waals surface area contributed by atoms with E-state index in [4.69, 9.17) is 5.73 Å². The van der Waals surface area contributed by atoms with Gasteiger partial charge in [0.25, 0.3) is 0 Å². The Morgan fingerprint density at radius 1 is 1.36 bits per heavy atom. The van der Waals surface area contributed by atoms with Gasteiger partial charge in [0.2, 0.25) is 0 Å². The molecule has 0 bridgehead atoms. The van der Waals surface area contributed by atoms with E-state index in [9.17, 15) is 13.2 Å². The molecule has 1 aromatic carbocycles. The maximum atomic E-state index is 11.9. The highest BCUT2D eigenvalue weighted by molar-refractivity contribution is 14.1. The molecular formula is C7H4BrF3INO. The molecule has 0 atom stereocenters. The van der Waals surface area contributed by atoms with Crippen LogP contribution >= 0.6 is 38.5 Å². The highest BCUT2D eigenvalue weighted by Gasteiger charge is 2.33. The Kier molecular flexibility index (Phi) is 3.51. The Labute approximate surface area is 99.9 Å². The van der Waals surface area contributed by atoms with Gasteiger partial charge < -0.3 is 10.5 Å². The van der Waals surface area contributed by atoms with Crippen molar-refractivity contribution < 1.29 is 17.9 Å². The van der Waals surface area contributed by atoms with E-state index in [0.29, 0.717) is 3.57 Å². The van der Waals surface area contributed by atoms with Gasteiger partial charge in [-0.3, -0.25) is 0 Å². The number of hydrogen-bond acceptors (Lipinski definition) is 2. The molecule has 2 N–H and O–H groups in total. The van der Waals surface area contributed by atoms with Crippen molar-refractivity contribution in [2.45, 2.75) is 6.36 Å². The molecule has 0 amide bonds. The van der Waals surface area contributed by atoms with E-state index in [2.05, 4.69) is 20.7 Å². The lowest BCUT2D eigenvalue weighted by atomic mass is 10.3. The Morgan fingerprint density at radius 2 is 1.93 bits per heavy atom. The minimum Gasteiger partial charge on any atom is -0.402 e. The molecule has 0 radical (unpaired) electrons. The van der Waals surface area contributed by atoms with Crippen molar-refractivity contribution in [3.05, 3.63) is 20.2 Å². The predicted octanol–water partition coefficient (Wildman–Crippen LogP) is 3.53. The summed E-state index contributed by atoms with van der Waals surface area (Å²) < 4.78 is 40.2. The van der Waals surface area contributed by atoms with Gasteiger partial charge in [0, 0.05) is 3.57 Å². The van der Waals surface area contributed by atoms with E-state index in [0.717, 1.165) is 0 Å². The summed E-state index contributed by atoms with van der Waals surface area (Å²) in [5.74, 6) is -0.399. The summed E-state index contributed by atoms with van der Waals surface area (Å²) in [6.07, 6.45) is -4.74. The average molecular weight is 382 g/mol. The van der Waals surface area contributed by atoms with Gasteiger partial charge in [-0.25, -0.2) is 0 Å². The standard InChI is InChI=1S/C7H4BrF3INO/c8-3-1-2-4(12)5(13)6(3)14-7(9,10)11/h1-2H,13H2. The summed E-state index contributed by atoms with van der Waals surface area (Å²) in [6.45, 7) is 0. The number of nitrogen functional groups attached to an aromatic ring is 1. The fraction of sp³-hybridized carbons (Fsp3) is 0.143. The topological polar surface area (TPSA) is 35.2 Å². The number of nitrogens with two attached hydrogens (primary N) is 1. The van der Waals surface area contributed by atoms with Crippen molar-refractivity contribution in [1.82, 2.24) is 0 Å². The molecule has 0 aromatic heterocycles. The zero-order chi connectivity index (χ0) is 10.9. The van der Waals surface area contributed by atoms with Gasteiger partial charge in [-0.1, -0.05) is 0 Å². The third kappa shape index (κ3) is 2.91. The largest absolute Gasteiger partial charge is 0.573 e. The number of hydrogen-bond donors (Lipinski definition) is 1. The first kappa shape index (κ1) is 11.9. The molecular weight excluding hydrogens is 378 g/mol. The first-order valence-corrected chi connectivity index (χ1v) is 5.17. The van der Waals surface area contributed by atoms with E-state index in [1.807, 2.05) is 22.6 Å². The van der Waals surface area contributed by atoms with Gasteiger partial charge in [-0.2, -0.15) is 0 Å². The van der Waals surface area contributed by atoms with Crippen LogP contribution in [-0.4, -0.2) is 6.36 Å². The zero-order valence-corrected chi connectivity index (χ0v) is 10.3. The van der Waals surface area contributed by atoms with Crippen molar-refractivity contribution in [2.24, 2.45) is 0 Å². The summed E-state index contributed by atoms with van der Waals surface area (Å²) >= 11 is 4.75. The van der Waals surface area contributed by atoms with Crippen LogP contribution in [0.25, 0.3) is 0 Å². The Morgan fingerprint density at radius 3 is 2.43 bits per heavy atom. The number of anilines is 1. The summed E-state index contributed by atoms with van der Waals surface area (Å²) in [7, 11) is 0. The van der Waals surface area contributed by atoms with Crippen molar-refractivity contribution >= 4 is 44.2 Å². The Bertz CT molecular complexity index is 356. The van der Waals surface area contributed by atoms with Crippen LogP contribution in [0.2, 0.25) is 0 Å². The van der Waals surface area contributed by atoms with Gasteiger partial charge in [0.05, 0.1) is 10.2 Å². The van der Waals surface area contributed by atoms with Crippen LogP contribution in [0.15, 0.2) is 16.6 Å². The monoisotopic (exact) mass is 381 g/mol. The Hall–Kier alpha value is -0.180. The second-order valence-corrected chi connectivity index (χ2v) is 4.34. The predicted molar refractivity (Wildman–Crippen MR) is 58.0 cm³/mol. The van der Waals surface area contributed by atoms with E-state index in [-0.39, 0.29) is 10.2 Å². The fourth-order valence-electron chi connectivity index (χ4n) is 0.768. The lowest BCUT2D eigenvalue weighted by Gasteiger charge is -2.13. The van der Waals surface area contributed by atoms with Crippen molar-refractivity contribution in [3.63, 3.8) is 0 Å². The molecule has 0 aliphatic carbocycles. The molecule has 14 heavy (non-hydrogen) atoms.